The van der Waals surface area contributed by atoms with E-state index >= 15 is 0 Å². The summed E-state index contributed by atoms with van der Waals surface area (Å²) in [5, 5.41) is 0.571. The van der Waals surface area contributed by atoms with Crippen LogP contribution in [0.2, 0.25) is 0 Å². The lowest BCUT2D eigenvalue weighted by Crippen LogP contribution is -1.84. The second kappa shape index (κ2) is 8.29. The van der Waals surface area contributed by atoms with Crippen LogP contribution in [0.1, 0.15) is 16.0 Å². The molecular weight excluding hydrogens is 311 g/mol. The molecule has 5 heteroatoms. The normalized spacial score (nSPS) is 9.87. The fraction of sp³-hybridized carbons (Fsp3) is 0.167. The third-order valence-corrected chi connectivity index (χ3v) is 3.95. The standard InChI is InChI=1S/C10H9FN2S.C8H10O/c11-8-3-1-7(2-4-8)5-9-6-13-10(12)14-9;1-7-3-5-8(9-2)6-4-7/h1-4,6H,5H2,(H2,12,13);3-6H,1-2H3. The van der Waals surface area contributed by atoms with Gasteiger partial charge in [-0.1, -0.05) is 29.8 Å². The van der Waals surface area contributed by atoms with Crippen molar-refractivity contribution in [1.82, 2.24) is 4.98 Å². The second-order valence-corrected chi connectivity index (χ2v) is 6.13. The van der Waals surface area contributed by atoms with E-state index in [2.05, 4.69) is 11.9 Å². The SMILES string of the molecule is COc1ccc(C)cc1.Nc1ncc(Cc2ccc(F)cc2)s1. The molecule has 0 saturated carbocycles. The number of thiazole rings is 1. The van der Waals surface area contributed by atoms with Crippen molar-refractivity contribution in [2.75, 3.05) is 12.8 Å². The number of aromatic nitrogens is 1. The summed E-state index contributed by atoms with van der Waals surface area (Å²) in [5.41, 5.74) is 7.83. The maximum absolute atomic E-state index is 12.6. The second-order valence-electron chi connectivity index (χ2n) is 4.99. The van der Waals surface area contributed by atoms with Gasteiger partial charge in [0.2, 0.25) is 0 Å². The van der Waals surface area contributed by atoms with Crippen LogP contribution in [-0.2, 0) is 6.42 Å². The zero-order chi connectivity index (χ0) is 16.7. The molecule has 0 aliphatic carbocycles. The molecule has 23 heavy (non-hydrogen) atoms. The van der Waals surface area contributed by atoms with Gasteiger partial charge in [0.05, 0.1) is 7.11 Å². The van der Waals surface area contributed by atoms with Crippen molar-refractivity contribution in [2.24, 2.45) is 0 Å². The van der Waals surface area contributed by atoms with Gasteiger partial charge < -0.3 is 10.5 Å². The van der Waals surface area contributed by atoms with E-state index in [4.69, 9.17) is 10.5 Å². The van der Waals surface area contributed by atoms with Crippen molar-refractivity contribution in [2.45, 2.75) is 13.3 Å². The fourth-order valence-corrected chi connectivity index (χ4v) is 2.60. The minimum absolute atomic E-state index is 0.211. The van der Waals surface area contributed by atoms with E-state index in [9.17, 15) is 4.39 Å². The fourth-order valence-electron chi connectivity index (χ4n) is 1.88. The Morgan fingerprint density at radius 3 is 2.26 bits per heavy atom. The molecule has 2 N–H and O–H groups in total. The molecule has 0 radical (unpaired) electrons. The monoisotopic (exact) mass is 330 g/mol. The zero-order valence-electron chi connectivity index (χ0n) is 13.1. The van der Waals surface area contributed by atoms with Crippen molar-refractivity contribution in [3.05, 3.63) is 76.5 Å². The van der Waals surface area contributed by atoms with Crippen molar-refractivity contribution in [3.63, 3.8) is 0 Å². The molecule has 0 bridgehead atoms. The lowest BCUT2D eigenvalue weighted by Gasteiger charge is -1.97. The molecule has 1 aromatic heterocycles. The average Bonchev–Trinajstić information content (AvgIpc) is 2.96. The van der Waals surface area contributed by atoms with Crippen LogP contribution in [0.3, 0.4) is 0 Å². The Labute approximate surface area is 139 Å². The van der Waals surface area contributed by atoms with E-state index < -0.39 is 0 Å². The molecule has 3 rings (SSSR count). The summed E-state index contributed by atoms with van der Waals surface area (Å²) in [6.07, 6.45) is 2.51. The first kappa shape index (κ1) is 17.0. The van der Waals surface area contributed by atoms with E-state index in [0.29, 0.717) is 5.13 Å². The van der Waals surface area contributed by atoms with Gasteiger partial charge in [0.1, 0.15) is 11.6 Å². The highest BCUT2D eigenvalue weighted by Gasteiger charge is 2.00. The molecule has 0 spiro atoms. The molecule has 0 fully saturated rings. The van der Waals surface area contributed by atoms with Crippen LogP contribution >= 0.6 is 11.3 Å². The van der Waals surface area contributed by atoms with Crippen molar-refractivity contribution >= 4 is 16.5 Å². The van der Waals surface area contributed by atoms with Gasteiger partial charge in [0.25, 0.3) is 0 Å². The Morgan fingerprint density at radius 1 is 1.09 bits per heavy atom. The summed E-state index contributed by atoms with van der Waals surface area (Å²) in [6.45, 7) is 2.06. The molecule has 3 nitrogen and oxygen atoms in total. The Morgan fingerprint density at radius 2 is 1.74 bits per heavy atom. The number of benzene rings is 2. The molecule has 0 amide bonds. The molecule has 0 unspecified atom stereocenters. The minimum atomic E-state index is -0.211. The van der Waals surface area contributed by atoms with Gasteiger partial charge in [-0.3, -0.25) is 0 Å². The Balaban J connectivity index is 0.000000185. The first-order chi connectivity index (χ1) is 11.1. The number of ether oxygens (including phenoxy) is 1. The topological polar surface area (TPSA) is 48.1 Å². The Kier molecular flexibility index (Phi) is 6.11. The van der Waals surface area contributed by atoms with E-state index in [1.165, 1.54) is 29.0 Å². The number of nitrogens with two attached hydrogens (primary N) is 1. The number of hydrogen-bond donors (Lipinski definition) is 1. The summed E-state index contributed by atoms with van der Waals surface area (Å²) in [7, 11) is 1.67. The Bertz CT molecular complexity index is 724. The molecule has 0 saturated heterocycles. The van der Waals surface area contributed by atoms with Crippen molar-refractivity contribution in [1.29, 1.82) is 0 Å². The number of nitrogens with zero attached hydrogens (tertiary/aromatic N) is 1. The lowest BCUT2D eigenvalue weighted by molar-refractivity contribution is 0.414. The molecule has 3 aromatic rings. The summed E-state index contributed by atoms with van der Waals surface area (Å²) in [5.74, 6) is 0.707. The molecule has 0 atom stereocenters. The first-order valence-corrected chi connectivity index (χ1v) is 7.94. The molecule has 0 aliphatic rings. The minimum Gasteiger partial charge on any atom is -0.497 e. The predicted molar refractivity (Wildman–Crippen MR) is 93.5 cm³/mol. The average molecular weight is 330 g/mol. The van der Waals surface area contributed by atoms with Crippen LogP contribution in [0.5, 0.6) is 5.75 Å². The highest BCUT2D eigenvalue weighted by molar-refractivity contribution is 7.15. The van der Waals surface area contributed by atoms with Crippen LogP contribution in [0.25, 0.3) is 0 Å². The van der Waals surface area contributed by atoms with Crippen molar-refractivity contribution < 1.29 is 9.13 Å². The highest BCUT2D eigenvalue weighted by Crippen LogP contribution is 2.18. The summed E-state index contributed by atoms with van der Waals surface area (Å²) < 4.78 is 17.6. The van der Waals surface area contributed by atoms with E-state index in [1.54, 1.807) is 25.4 Å². The predicted octanol–water partition coefficient (Wildman–Crippen LogP) is 4.46. The van der Waals surface area contributed by atoms with Crippen molar-refractivity contribution in [3.8, 4) is 5.75 Å². The summed E-state index contributed by atoms with van der Waals surface area (Å²) in [4.78, 5) is 5.04. The number of halogens is 1. The van der Waals surface area contributed by atoms with E-state index in [1.807, 2.05) is 24.3 Å². The van der Waals surface area contributed by atoms with Gasteiger partial charge in [0, 0.05) is 17.5 Å². The van der Waals surface area contributed by atoms with Gasteiger partial charge in [-0.25, -0.2) is 9.37 Å². The van der Waals surface area contributed by atoms with Crippen LogP contribution in [0.15, 0.2) is 54.7 Å². The maximum atomic E-state index is 12.6. The number of rotatable bonds is 3. The Hall–Kier alpha value is -2.40. The first-order valence-electron chi connectivity index (χ1n) is 7.12. The van der Waals surface area contributed by atoms with Crippen LogP contribution in [0, 0.1) is 12.7 Å². The van der Waals surface area contributed by atoms with Gasteiger partial charge in [-0.05, 0) is 36.8 Å². The smallest absolute Gasteiger partial charge is 0.180 e. The number of methoxy groups -OCH3 is 1. The zero-order valence-corrected chi connectivity index (χ0v) is 13.9. The molecular formula is C18H19FN2OS. The quantitative estimate of drug-likeness (QED) is 0.771. The highest BCUT2D eigenvalue weighted by atomic mass is 32.1. The van der Waals surface area contributed by atoms with Gasteiger partial charge in [-0.2, -0.15) is 0 Å². The largest absolute Gasteiger partial charge is 0.497 e. The van der Waals surface area contributed by atoms with Gasteiger partial charge in [-0.15, -0.1) is 11.3 Å². The van der Waals surface area contributed by atoms with Crippen LogP contribution in [-0.4, -0.2) is 12.1 Å². The lowest BCUT2D eigenvalue weighted by atomic mass is 10.1. The third-order valence-electron chi connectivity index (χ3n) is 3.12. The molecule has 1 heterocycles. The van der Waals surface area contributed by atoms with Gasteiger partial charge >= 0.3 is 0 Å². The van der Waals surface area contributed by atoms with Gasteiger partial charge in [0.15, 0.2) is 5.13 Å². The molecule has 0 aliphatic heterocycles. The number of aryl methyl sites for hydroxylation is 1. The third kappa shape index (κ3) is 5.71. The van der Waals surface area contributed by atoms with E-state index in [-0.39, 0.29) is 5.82 Å². The van der Waals surface area contributed by atoms with E-state index in [0.717, 1.165) is 22.6 Å². The summed E-state index contributed by atoms with van der Waals surface area (Å²) >= 11 is 1.46. The number of nitrogen functional groups attached to an aromatic ring is 1. The number of hydrogen-bond acceptors (Lipinski definition) is 4. The summed E-state index contributed by atoms with van der Waals surface area (Å²) in [6, 6.07) is 14.4. The van der Waals surface area contributed by atoms with Crippen LogP contribution < -0.4 is 10.5 Å². The molecule has 2 aromatic carbocycles. The maximum Gasteiger partial charge on any atom is 0.180 e. The number of anilines is 1. The van der Waals surface area contributed by atoms with Crippen LogP contribution in [0.4, 0.5) is 9.52 Å². The molecule has 120 valence electrons.